The fraction of sp³-hybridized carbons (Fsp3) is 0. The Kier molecular flexibility index (Phi) is 2.78. The normalized spacial score (nSPS) is 10.5. The lowest BCUT2D eigenvalue weighted by atomic mass is 10.2. The summed E-state index contributed by atoms with van der Waals surface area (Å²) in [6, 6.07) is 11.2. The second-order valence-corrected chi connectivity index (χ2v) is 4.13. The van der Waals surface area contributed by atoms with Crippen LogP contribution in [-0.2, 0) is 0 Å². The minimum Gasteiger partial charge on any atom is -0.265 e. The lowest BCUT2D eigenvalue weighted by Gasteiger charge is -1.97. The lowest BCUT2D eigenvalue weighted by Crippen LogP contribution is -1.82. The van der Waals surface area contributed by atoms with Crippen LogP contribution in [0.1, 0.15) is 0 Å². The number of halogens is 1. The molecule has 0 unspecified atom stereocenters. The van der Waals surface area contributed by atoms with Crippen LogP contribution in [0, 0.1) is 0 Å². The van der Waals surface area contributed by atoms with Crippen LogP contribution in [0.15, 0.2) is 48.8 Å². The predicted octanol–water partition coefficient (Wildman–Crippen LogP) is 3.19. The van der Waals surface area contributed by atoms with Crippen molar-refractivity contribution in [3.05, 3.63) is 53.8 Å². The Bertz CT molecular complexity index is 664. The molecule has 2 heterocycles. The molecule has 0 aliphatic rings. The van der Waals surface area contributed by atoms with E-state index in [4.69, 9.17) is 11.6 Å². The highest BCUT2D eigenvalue weighted by Gasteiger charge is 2.09. The number of nitrogens with zero attached hydrogens (tertiary/aromatic N) is 3. The molecular formula is C13H9ClN4. The molecule has 0 atom stereocenters. The molecule has 0 spiro atoms. The first-order valence-corrected chi connectivity index (χ1v) is 5.80. The Hall–Kier alpha value is -2.20. The van der Waals surface area contributed by atoms with Crippen LogP contribution in [0.2, 0.25) is 5.02 Å². The molecule has 1 aromatic carbocycles. The van der Waals surface area contributed by atoms with E-state index >= 15 is 0 Å². The van der Waals surface area contributed by atoms with E-state index in [9.17, 15) is 0 Å². The molecule has 88 valence electrons. The van der Waals surface area contributed by atoms with Gasteiger partial charge in [-0.25, -0.2) is 4.98 Å². The van der Waals surface area contributed by atoms with Gasteiger partial charge in [-0.1, -0.05) is 23.7 Å². The maximum atomic E-state index is 6.12. The van der Waals surface area contributed by atoms with Gasteiger partial charge in [-0.05, 0) is 24.3 Å². The van der Waals surface area contributed by atoms with Crippen LogP contribution in [-0.4, -0.2) is 20.2 Å². The predicted molar refractivity (Wildman–Crippen MR) is 70.1 cm³/mol. The van der Waals surface area contributed by atoms with Crippen LogP contribution in [0.5, 0.6) is 0 Å². The maximum absolute atomic E-state index is 6.12. The molecule has 0 fully saturated rings. The second kappa shape index (κ2) is 4.58. The highest BCUT2D eigenvalue weighted by atomic mass is 35.5. The molecule has 0 radical (unpaired) electrons. The number of rotatable bonds is 2. The van der Waals surface area contributed by atoms with Gasteiger partial charge in [-0.2, -0.15) is 5.10 Å². The summed E-state index contributed by atoms with van der Waals surface area (Å²) in [6.07, 6.45) is 3.42. The topological polar surface area (TPSA) is 54.5 Å². The van der Waals surface area contributed by atoms with Crippen LogP contribution in [0.4, 0.5) is 0 Å². The lowest BCUT2D eigenvalue weighted by molar-refractivity contribution is 1.10. The van der Waals surface area contributed by atoms with Crippen molar-refractivity contribution in [1.82, 2.24) is 20.2 Å². The summed E-state index contributed by atoms with van der Waals surface area (Å²) < 4.78 is 0. The summed E-state index contributed by atoms with van der Waals surface area (Å²) in [5.74, 6) is 1.29. The highest BCUT2D eigenvalue weighted by Crippen LogP contribution is 2.25. The fourth-order valence-electron chi connectivity index (χ4n) is 1.67. The van der Waals surface area contributed by atoms with Crippen LogP contribution < -0.4 is 0 Å². The Morgan fingerprint density at radius 2 is 1.78 bits per heavy atom. The molecule has 4 nitrogen and oxygen atoms in total. The Balaban J connectivity index is 2.03. The summed E-state index contributed by atoms with van der Waals surface area (Å²) >= 11 is 6.12. The summed E-state index contributed by atoms with van der Waals surface area (Å²) in [5.41, 5.74) is 1.76. The van der Waals surface area contributed by atoms with Crippen molar-refractivity contribution < 1.29 is 0 Å². The van der Waals surface area contributed by atoms with E-state index in [0.29, 0.717) is 16.7 Å². The van der Waals surface area contributed by atoms with Crippen molar-refractivity contribution in [1.29, 1.82) is 0 Å². The van der Waals surface area contributed by atoms with Gasteiger partial charge in [0.05, 0.1) is 5.02 Å². The average molecular weight is 257 g/mol. The number of aromatic amines is 1. The molecule has 3 aromatic rings. The zero-order chi connectivity index (χ0) is 12.4. The van der Waals surface area contributed by atoms with Crippen molar-refractivity contribution in [2.24, 2.45) is 0 Å². The molecule has 18 heavy (non-hydrogen) atoms. The zero-order valence-electron chi connectivity index (χ0n) is 9.34. The van der Waals surface area contributed by atoms with E-state index in [2.05, 4.69) is 20.2 Å². The number of H-pyrrole nitrogens is 1. The SMILES string of the molecule is Clc1ccccc1-c1nc(-c2ccncc2)n[nH]1. The molecule has 3 rings (SSSR count). The maximum Gasteiger partial charge on any atom is 0.181 e. The van der Waals surface area contributed by atoms with Gasteiger partial charge in [0.2, 0.25) is 0 Å². The molecule has 0 amide bonds. The monoisotopic (exact) mass is 256 g/mol. The van der Waals surface area contributed by atoms with Gasteiger partial charge in [0, 0.05) is 23.5 Å². The van der Waals surface area contributed by atoms with Crippen molar-refractivity contribution in [2.45, 2.75) is 0 Å². The minimum absolute atomic E-state index is 0.632. The van der Waals surface area contributed by atoms with Gasteiger partial charge in [0.15, 0.2) is 11.6 Å². The van der Waals surface area contributed by atoms with Gasteiger partial charge in [0.25, 0.3) is 0 Å². The first-order chi connectivity index (χ1) is 8.84. The first-order valence-electron chi connectivity index (χ1n) is 5.42. The summed E-state index contributed by atoms with van der Waals surface area (Å²) in [4.78, 5) is 8.40. The minimum atomic E-state index is 0.632. The van der Waals surface area contributed by atoms with Gasteiger partial charge < -0.3 is 0 Å². The Morgan fingerprint density at radius 1 is 1.00 bits per heavy atom. The largest absolute Gasteiger partial charge is 0.265 e. The van der Waals surface area contributed by atoms with Crippen molar-refractivity contribution in [3.8, 4) is 22.8 Å². The van der Waals surface area contributed by atoms with Gasteiger partial charge in [-0.15, -0.1) is 0 Å². The summed E-state index contributed by atoms with van der Waals surface area (Å²) in [6.45, 7) is 0. The average Bonchev–Trinajstić information content (AvgIpc) is 2.90. The van der Waals surface area contributed by atoms with E-state index in [1.807, 2.05) is 36.4 Å². The number of nitrogens with one attached hydrogen (secondary N) is 1. The Labute approximate surface area is 109 Å². The smallest absolute Gasteiger partial charge is 0.181 e. The van der Waals surface area contributed by atoms with Crippen molar-refractivity contribution in [3.63, 3.8) is 0 Å². The summed E-state index contributed by atoms with van der Waals surface area (Å²) in [7, 11) is 0. The Morgan fingerprint density at radius 3 is 2.56 bits per heavy atom. The first kappa shape index (κ1) is 10.9. The van der Waals surface area contributed by atoms with Crippen LogP contribution in [0.3, 0.4) is 0 Å². The third-order valence-electron chi connectivity index (χ3n) is 2.55. The van der Waals surface area contributed by atoms with E-state index in [1.165, 1.54) is 0 Å². The number of hydrogen-bond acceptors (Lipinski definition) is 3. The highest BCUT2D eigenvalue weighted by molar-refractivity contribution is 6.33. The number of aromatic nitrogens is 4. The summed E-state index contributed by atoms with van der Waals surface area (Å²) in [5, 5.41) is 7.72. The number of pyridine rings is 1. The molecule has 1 N–H and O–H groups in total. The van der Waals surface area contributed by atoms with E-state index in [0.717, 1.165) is 11.1 Å². The quantitative estimate of drug-likeness (QED) is 0.766. The molecule has 0 saturated carbocycles. The third kappa shape index (κ3) is 1.98. The molecule has 0 aliphatic carbocycles. The fourth-order valence-corrected chi connectivity index (χ4v) is 1.89. The second-order valence-electron chi connectivity index (χ2n) is 3.72. The number of hydrogen-bond donors (Lipinski definition) is 1. The molecule has 0 bridgehead atoms. The standard InChI is InChI=1S/C13H9ClN4/c14-11-4-2-1-3-10(11)13-16-12(17-18-13)9-5-7-15-8-6-9/h1-8H,(H,16,17,18). The van der Waals surface area contributed by atoms with Crippen LogP contribution in [0.25, 0.3) is 22.8 Å². The zero-order valence-corrected chi connectivity index (χ0v) is 10.1. The molecule has 5 heteroatoms. The van der Waals surface area contributed by atoms with Crippen LogP contribution >= 0.6 is 11.6 Å². The molecule has 2 aromatic heterocycles. The van der Waals surface area contributed by atoms with Gasteiger partial charge in [-0.3, -0.25) is 10.1 Å². The van der Waals surface area contributed by atoms with Crippen molar-refractivity contribution >= 4 is 11.6 Å². The van der Waals surface area contributed by atoms with Gasteiger partial charge >= 0.3 is 0 Å². The molecule has 0 aliphatic heterocycles. The van der Waals surface area contributed by atoms with Gasteiger partial charge in [0.1, 0.15) is 0 Å². The molecular weight excluding hydrogens is 248 g/mol. The van der Waals surface area contributed by atoms with Crippen molar-refractivity contribution in [2.75, 3.05) is 0 Å². The number of benzene rings is 1. The third-order valence-corrected chi connectivity index (χ3v) is 2.88. The van der Waals surface area contributed by atoms with E-state index < -0.39 is 0 Å². The van der Waals surface area contributed by atoms with E-state index in [1.54, 1.807) is 12.4 Å². The molecule has 0 saturated heterocycles. The van der Waals surface area contributed by atoms with E-state index in [-0.39, 0.29) is 0 Å².